The van der Waals surface area contributed by atoms with E-state index in [4.69, 9.17) is 0 Å². The number of hydrogen-bond acceptors (Lipinski definition) is 4. The second-order valence-electron chi connectivity index (χ2n) is 3.06. The van der Waals surface area contributed by atoms with Crippen molar-refractivity contribution >= 4 is 39.1 Å². The van der Waals surface area contributed by atoms with Crippen molar-refractivity contribution in [3.8, 4) is 0 Å². The molecule has 1 aromatic carbocycles. The van der Waals surface area contributed by atoms with E-state index in [0.29, 0.717) is 11.3 Å². The highest BCUT2D eigenvalue weighted by Gasteiger charge is 2.21. The number of rotatable bonds is 1. The third kappa shape index (κ3) is 2.54. The van der Waals surface area contributed by atoms with Gasteiger partial charge in [0.2, 0.25) is 5.12 Å². The molecule has 0 aliphatic carbocycles. The average molecular weight is 253 g/mol. The molecule has 0 saturated carbocycles. The summed E-state index contributed by atoms with van der Waals surface area (Å²) in [6, 6.07) is 6.08. The number of aliphatic imine (C=N–C) groups is 1. The molecule has 0 amide bonds. The molecule has 1 aliphatic heterocycles. The summed E-state index contributed by atoms with van der Waals surface area (Å²) >= 11 is 2.54. The van der Waals surface area contributed by atoms with E-state index in [1.165, 1.54) is 23.9 Å². The molecule has 5 heteroatoms. The lowest BCUT2D eigenvalue weighted by molar-refractivity contribution is -0.107. The summed E-state index contributed by atoms with van der Waals surface area (Å²) in [5.41, 5.74) is 1.02. The van der Waals surface area contributed by atoms with Crippen LogP contribution >= 0.6 is 23.5 Å². The number of benzene rings is 1. The molecule has 0 bridgehead atoms. The Kier molecular flexibility index (Phi) is 3.46. The van der Waals surface area contributed by atoms with Crippen molar-refractivity contribution in [2.75, 3.05) is 6.26 Å². The highest BCUT2D eigenvalue weighted by Crippen LogP contribution is 2.29. The topological polar surface area (TPSA) is 29.4 Å². The van der Waals surface area contributed by atoms with Crippen molar-refractivity contribution in [2.45, 2.75) is 0 Å². The summed E-state index contributed by atoms with van der Waals surface area (Å²) in [6.45, 7) is 0. The Balaban J connectivity index is 2.31. The standard InChI is InChI=1S/C11H8FNOS2/c1-15-11-13-9(10(14)16-11)6-7-3-2-4-8(12)5-7/h2-6H,1H3/b9-6+. The van der Waals surface area contributed by atoms with Crippen molar-refractivity contribution in [3.05, 3.63) is 41.3 Å². The molecule has 1 heterocycles. The normalized spacial score (nSPS) is 18.0. The van der Waals surface area contributed by atoms with E-state index in [2.05, 4.69) is 4.99 Å². The first-order valence-electron chi connectivity index (χ1n) is 4.51. The lowest BCUT2D eigenvalue weighted by Crippen LogP contribution is -1.88. The fraction of sp³-hybridized carbons (Fsp3) is 0.0909. The van der Waals surface area contributed by atoms with Crippen LogP contribution in [0, 0.1) is 5.82 Å². The first-order chi connectivity index (χ1) is 7.69. The maximum atomic E-state index is 12.9. The van der Waals surface area contributed by atoms with Crippen LogP contribution < -0.4 is 0 Å². The van der Waals surface area contributed by atoms with Crippen LogP contribution in [0.3, 0.4) is 0 Å². The number of carbonyl (C=O) groups excluding carboxylic acids is 1. The Bertz CT molecular complexity index is 497. The molecule has 0 unspecified atom stereocenters. The van der Waals surface area contributed by atoms with Gasteiger partial charge in [0.25, 0.3) is 0 Å². The predicted molar refractivity (Wildman–Crippen MR) is 67.9 cm³/mol. The molecule has 16 heavy (non-hydrogen) atoms. The molecule has 0 aromatic heterocycles. The van der Waals surface area contributed by atoms with Crippen LogP contribution in [-0.4, -0.2) is 15.7 Å². The maximum absolute atomic E-state index is 12.9. The number of thioether (sulfide) groups is 2. The summed E-state index contributed by atoms with van der Waals surface area (Å²) in [6.07, 6.45) is 3.46. The van der Waals surface area contributed by atoms with Gasteiger partial charge >= 0.3 is 0 Å². The Morgan fingerprint density at radius 3 is 2.94 bits per heavy atom. The van der Waals surface area contributed by atoms with Gasteiger partial charge < -0.3 is 0 Å². The molecule has 2 nitrogen and oxygen atoms in total. The van der Waals surface area contributed by atoms with Crippen LogP contribution in [0.15, 0.2) is 35.0 Å². The molecule has 0 N–H and O–H groups in total. The molecule has 0 saturated heterocycles. The molecule has 0 fully saturated rings. The van der Waals surface area contributed by atoms with Crippen LogP contribution in [0.5, 0.6) is 0 Å². The van der Waals surface area contributed by atoms with Crippen LogP contribution in [0.1, 0.15) is 5.56 Å². The Labute approximate surface area is 101 Å². The first kappa shape index (κ1) is 11.4. The molecule has 1 aromatic rings. The summed E-state index contributed by atoms with van der Waals surface area (Å²) in [4.78, 5) is 15.7. The fourth-order valence-electron chi connectivity index (χ4n) is 1.23. The highest BCUT2D eigenvalue weighted by atomic mass is 32.2. The van der Waals surface area contributed by atoms with Crippen molar-refractivity contribution in [3.63, 3.8) is 0 Å². The second-order valence-corrected chi connectivity index (χ2v) is 5.07. The van der Waals surface area contributed by atoms with E-state index in [0.717, 1.165) is 16.1 Å². The molecule has 1 aliphatic rings. The van der Waals surface area contributed by atoms with Gasteiger partial charge in [-0.25, -0.2) is 9.38 Å². The SMILES string of the molecule is CSC1=N/C(=C/c2cccc(F)c2)C(=O)S1. The molecule has 82 valence electrons. The van der Waals surface area contributed by atoms with Crippen LogP contribution in [-0.2, 0) is 4.79 Å². The van der Waals surface area contributed by atoms with Gasteiger partial charge in [-0.1, -0.05) is 12.1 Å². The van der Waals surface area contributed by atoms with Gasteiger partial charge in [-0.05, 0) is 41.8 Å². The van der Waals surface area contributed by atoms with Gasteiger partial charge in [-0.15, -0.1) is 11.8 Å². The van der Waals surface area contributed by atoms with E-state index in [9.17, 15) is 9.18 Å². The fourth-order valence-corrected chi connectivity index (χ4v) is 2.49. The zero-order valence-electron chi connectivity index (χ0n) is 8.44. The quantitative estimate of drug-likeness (QED) is 0.720. The van der Waals surface area contributed by atoms with Crippen LogP contribution in [0.4, 0.5) is 4.39 Å². The third-order valence-corrected chi connectivity index (χ3v) is 3.78. The molecule has 0 spiro atoms. The number of hydrogen-bond donors (Lipinski definition) is 0. The minimum atomic E-state index is -0.318. The van der Waals surface area contributed by atoms with E-state index in [1.807, 2.05) is 6.26 Å². The van der Waals surface area contributed by atoms with E-state index in [1.54, 1.807) is 18.2 Å². The van der Waals surface area contributed by atoms with Gasteiger partial charge in [0.15, 0.2) is 0 Å². The number of carbonyl (C=O) groups is 1. The summed E-state index contributed by atoms with van der Waals surface area (Å²) in [5.74, 6) is -0.318. The monoisotopic (exact) mass is 253 g/mol. The predicted octanol–water partition coefficient (Wildman–Crippen LogP) is 3.16. The Hall–Kier alpha value is -1.07. The minimum Gasteiger partial charge on any atom is -0.279 e. The average Bonchev–Trinajstić information content (AvgIpc) is 2.60. The third-order valence-electron chi connectivity index (χ3n) is 1.93. The van der Waals surface area contributed by atoms with Crippen LogP contribution in [0.25, 0.3) is 6.08 Å². The van der Waals surface area contributed by atoms with E-state index in [-0.39, 0.29) is 10.9 Å². The lowest BCUT2D eigenvalue weighted by atomic mass is 10.2. The number of nitrogens with zero attached hydrogens (tertiary/aromatic N) is 1. The van der Waals surface area contributed by atoms with Crippen molar-refractivity contribution in [2.24, 2.45) is 4.99 Å². The lowest BCUT2D eigenvalue weighted by Gasteiger charge is -1.94. The van der Waals surface area contributed by atoms with Gasteiger partial charge in [0.05, 0.1) is 0 Å². The Morgan fingerprint density at radius 2 is 2.31 bits per heavy atom. The summed E-state index contributed by atoms with van der Waals surface area (Å²) in [5, 5.41) is -0.0892. The van der Waals surface area contributed by atoms with Crippen molar-refractivity contribution in [1.82, 2.24) is 0 Å². The van der Waals surface area contributed by atoms with Crippen molar-refractivity contribution < 1.29 is 9.18 Å². The van der Waals surface area contributed by atoms with Gasteiger partial charge in [-0.3, -0.25) is 4.79 Å². The summed E-state index contributed by atoms with van der Waals surface area (Å²) < 4.78 is 13.7. The Morgan fingerprint density at radius 1 is 1.50 bits per heavy atom. The largest absolute Gasteiger partial charge is 0.279 e. The smallest absolute Gasteiger partial charge is 0.244 e. The highest BCUT2D eigenvalue weighted by molar-refractivity contribution is 8.45. The minimum absolute atomic E-state index is 0.0892. The molecule has 0 radical (unpaired) electrons. The van der Waals surface area contributed by atoms with Gasteiger partial charge in [0.1, 0.15) is 15.9 Å². The molecule has 0 atom stereocenters. The van der Waals surface area contributed by atoms with Crippen molar-refractivity contribution in [1.29, 1.82) is 0 Å². The van der Waals surface area contributed by atoms with Gasteiger partial charge in [-0.2, -0.15) is 0 Å². The van der Waals surface area contributed by atoms with Crippen LogP contribution in [0.2, 0.25) is 0 Å². The number of halogens is 1. The van der Waals surface area contributed by atoms with E-state index >= 15 is 0 Å². The summed E-state index contributed by atoms with van der Waals surface area (Å²) in [7, 11) is 0. The first-order valence-corrected chi connectivity index (χ1v) is 6.55. The van der Waals surface area contributed by atoms with E-state index < -0.39 is 0 Å². The maximum Gasteiger partial charge on any atom is 0.244 e. The zero-order valence-corrected chi connectivity index (χ0v) is 10.1. The molecule has 2 rings (SSSR count). The van der Waals surface area contributed by atoms with Gasteiger partial charge in [0, 0.05) is 0 Å². The zero-order chi connectivity index (χ0) is 11.5. The molecular weight excluding hydrogens is 245 g/mol. The second kappa shape index (κ2) is 4.84. The molecular formula is C11H8FNOS2.